The second-order valence-electron chi connectivity index (χ2n) is 4.69. The molecular formula is C17H17ClO2. The molecule has 0 bridgehead atoms. The van der Waals surface area contributed by atoms with Crippen molar-refractivity contribution in [3.05, 3.63) is 58.1 Å². The van der Waals surface area contributed by atoms with Crippen molar-refractivity contribution < 1.29 is 9.90 Å². The summed E-state index contributed by atoms with van der Waals surface area (Å²) in [6.45, 7) is 4.27. The number of rotatable bonds is 4. The molecule has 0 aliphatic carbocycles. The number of benzene rings is 2. The van der Waals surface area contributed by atoms with Crippen molar-refractivity contribution in [1.29, 1.82) is 0 Å². The number of hydrogen-bond acceptors (Lipinski definition) is 1. The van der Waals surface area contributed by atoms with Gasteiger partial charge in [0.25, 0.3) is 0 Å². The average Bonchev–Trinajstić information content (AvgIpc) is 2.46. The first-order valence-corrected chi connectivity index (χ1v) is 7.09. The Balaban J connectivity index is 2.51. The van der Waals surface area contributed by atoms with Crippen LogP contribution >= 0.6 is 11.6 Å². The van der Waals surface area contributed by atoms with Gasteiger partial charge in [-0.1, -0.05) is 49.7 Å². The van der Waals surface area contributed by atoms with Crippen molar-refractivity contribution in [2.45, 2.75) is 26.7 Å². The van der Waals surface area contributed by atoms with Crippen LogP contribution in [0.4, 0.5) is 0 Å². The van der Waals surface area contributed by atoms with Gasteiger partial charge in [0.1, 0.15) is 0 Å². The molecule has 0 aliphatic rings. The summed E-state index contributed by atoms with van der Waals surface area (Å²) in [5.41, 5.74) is 4.68. The van der Waals surface area contributed by atoms with Gasteiger partial charge in [-0.2, -0.15) is 0 Å². The number of carboxylic acid groups (broad SMARTS) is 1. The molecule has 0 aliphatic heterocycles. The summed E-state index contributed by atoms with van der Waals surface area (Å²) in [5.74, 6) is -1.00. The third kappa shape index (κ3) is 2.86. The van der Waals surface area contributed by atoms with Gasteiger partial charge in [-0.25, -0.2) is 4.79 Å². The van der Waals surface area contributed by atoms with Gasteiger partial charge in [0.15, 0.2) is 0 Å². The molecule has 2 nitrogen and oxygen atoms in total. The number of carbonyl (C=O) groups is 1. The Kier molecular flexibility index (Phi) is 4.46. The van der Waals surface area contributed by atoms with Crippen LogP contribution in [0.1, 0.15) is 35.3 Å². The van der Waals surface area contributed by atoms with E-state index in [2.05, 4.69) is 26.0 Å². The molecule has 20 heavy (non-hydrogen) atoms. The first kappa shape index (κ1) is 14.6. The maximum atomic E-state index is 11.1. The smallest absolute Gasteiger partial charge is 0.337 e. The lowest BCUT2D eigenvalue weighted by atomic mass is 9.96. The lowest BCUT2D eigenvalue weighted by Gasteiger charge is -2.10. The summed E-state index contributed by atoms with van der Waals surface area (Å²) >= 11 is 5.90. The van der Waals surface area contributed by atoms with Crippen LogP contribution in [-0.4, -0.2) is 11.1 Å². The van der Waals surface area contributed by atoms with Crippen molar-refractivity contribution >= 4 is 17.6 Å². The van der Waals surface area contributed by atoms with E-state index < -0.39 is 5.97 Å². The van der Waals surface area contributed by atoms with Crippen molar-refractivity contribution in [2.24, 2.45) is 0 Å². The standard InChI is InChI=1S/C17H17ClO2/c1-3-11-5-6-13(9-12(11)4-2)14-7-8-16(18)15(10-14)17(19)20/h5-10H,3-4H2,1-2H3,(H,19,20). The van der Waals surface area contributed by atoms with Crippen LogP contribution in [-0.2, 0) is 12.8 Å². The predicted molar refractivity (Wildman–Crippen MR) is 82.6 cm³/mol. The Bertz CT molecular complexity index is 647. The van der Waals surface area contributed by atoms with Gasteiger partial charge in [0.05, 0.1) is 10.6 Å². The normalized spacial score (nSPS) is 10.6. The van der Waals surface area contributed by atoms with E-state index in [0.717, 1.165) is 24.0 Å². The molecule has 104 valence electrons. The third-order valence-electron chi connectivity index (χ3n) is 3.50. The number of aryl methyl sites for hydroxylation is 2. The van der Waals surface area contributed by atoms with E-state index in [-0.39, 0.29) is 10.6 Å². The van der Waals surface area contributed by atoms with Gasteiger partial charge >= 0.3 is 5.97 Å². The van der Waals surface area contributed by atoms with E-state index in [0.29, 0.717) is 0 Å². The molecule has 0 spiro atoms. The second-order valence-corrected chi connectivity index (χ2v) is 5.10. The molecule has 2 aromatic rings. The molecule has 0 saturated heterocycles. The molecule has 0 fully saturated rings. The zero-order valence-electron chi connectivity index (χ0n) is 11.6. The number of aromatic carboxylic acids is 1. The lowest BCUT2D eigenvalue weighted by molar-refractivity contribution is 0.0697. The molecular weight excluding hydrogens is 272 g/mol. The number of halogens is 1. The average molecular weight is 289 g/mol. The molecule has 2 aromatic carbocycles. The van der Waals surface area contributed by atoms with E-state index in [1.807, 2.05) is 12.1 Å². The molecule has 0 atom stereocenters. The van der Waals surface area contributed by atoms with Crippen LogP contribution in [0.25, 0.3) is 11.1 Å². The molecule has 2 rings (SSSR count). The highest BCUT2D eigenvalue weighted by molar-refractivity contribution is 6.33. The molecule has 3 heteroatoms. The topological polar surface area (TPSA) is 37.3 Å². The summed E-state index contributed by atoms with van der Waals surface area (Å²) < 4.78 is 0. The highest BCUT2D eigenvalue weighted by atomic mass is 35.5. The highest BCUT2D eigenvalue weighted by Gasteiger charge is 2.11. The first-order valence-electron chi connectivity index (χ1n) is 6.71. The van der Waals surface area contributed by atoms with Crippen LogP contribution in [0.5, 0.6) is 0 Å². The Hall–Kier alpha value is -1.80. The van der Waals surface area contributed by atoms with E-state index >= 15 is 0 Å². The van der Waals surface area contributed by atoms with E-state index in [1.165, 1.54) is 11.1 Å². The van der Waals surface area contributed by atoms with E-state index in [4.69, 9.17) is 16.7 Å². The van der Waals surface area contributed by atoms with Crippen molar-refractivity contribution in [3.8, 4) is 11.1 Å². The predicted octanol–water partition coefficient (Wildman–Crippen LogP) is 4.83. The third-order valence-corrected chi connectivity index (χ3v) is 3.83. The van der Waals surface area contributed by atoms with Crippen LogP contribution in [0.2, 0.25) is 5.02 Å². The van der Waals surface area contributed by atoms with Crippen LogP contribution in [0.15, 0.2) is 36.4 Å². The Morgan fingerprint density at radius 1 is 1.00 bits per heavy atom. The maximum absolute atomic E-state index is 11.1. The van der Waals surface area contributed by atoms with Crippen LogP contribution < -0.4 is 0 Å². The second kappa shape index (κ2) is 6.10. The number of hydrogen-bond donors (Lipinski definition) is 1. The fourth-order valence-corrected chi connectivity index (χ4v) is 2.55. The molecule has 0 aromatic heterocycles. The number of carboxylic acids is 1. The van der Waals surface area contributed by atoms with E-state index in [1.54, 1.807) is 12.1 Å². The van der Waals surface area contributed by atoms with Crippen LogP contribution in [0, 0.1) is 0 Å². The molecule has 0 heterocycles. The molecule has 0 saturated carbocycles. The monoisotopic (exact) mass is 288 g/mol. The maximum Gasteiger partial charge on any atom is 0.337 e. The van der Waals surface area contributed by atoms with Crippen molar-refractivity contribution in [2.75, 3.05) is 0 Å². The minimum Gasteiger partial charge on any atom is -0.478 e. The lowest BCUT2D eigenvalue weighted by Crippen LogP contribution is -1.98. The summed E-state index contributed by atoms with van der Waals surface area (Å²) in [4.78, 5) is 11.1. The Labute approximate surface area is 124 Å². The minimum absolute atomic E-state index is 0.141. The summed E-state index contributed by atoms with van der Waals surface area (Å²) in [7, 11) is 0. The summed E-state index contributed by atoms with van der Waals surface area (Å²) in [6.07, 6.45) is 1.97. The summed E-state index contributed by atoms with van der Waals surface area (Å²) in [6, 6.07) is 11.4. The van der Waals surface area contributed by atoms with Gasteiger partial charge in [0, 0.05) is 0 Å². The van der Waals surface area contributed by atoms with Crippen molar-refractivity contribution in [1.82, 2.24) is 0 Å². The Morgan fingerprint density at radius 3 is 2.20 bits per heavy atom. The van der Waals surface area contributed by atoms with Gasteiger partial charge in [-0.3, -0.25) is 0 Å². The van der Waals surface area contributed by atoms with Gasteiger partial charge in [-0.05, 0) is 47.2 Å². The van der Waals surface area contributed by atoms with Gasteiger partial charge in [0.2, 0.25) is 0 Å². The highest BCUT2D eigenvalue weighted by Crippen LogP contribution is 2.27. The molecule has 1 N–H and O–H groups in total. The quantitative estimate of drug-likeness (QED) is 0.875. The fourth-order valence-electron chi connectivity index (χ4n) is 2.35. The zero-order chi connectivity index (χ0) is 14.7. The molecule has 0 unspecified atom stereocenters. The van der Waals surface area contributed by atoms with Gasteiger partial charge in [-0.15, -0.1) is 0 Å². The summed E-state index contributed by atoms with van der Waals surface area (Å²) in [5, 5.41) is 9.40. The van der Waals surface area contributed by atoms with E-state index in [9.17, 15) is 4.79 Å². The largest absolute Gasteiger partial charge is 0.478 e. The Morgan fingerprint density at radius 2 is 1.60 bits per heavy atom. The molecule has 0 amide bonds. The minimum atomic E-state index is -1.00. The fraction of sp³-hybridized carbons (Fsp3) is 0.235. The van der Waals surface area contributed by atoms with Crippen molar-refractivity contribution in [3.63, 3.8) is 0 Å². The van der Waals surface area contributed by atoms with Gasteiger partial charge < -0.3 is 5.11 Å². The zero-order valence-corrected chi connectivity index (χ0v) is 12.4. The molecule has 0 radical (unpaired) electrons. The first-order chi connectivity index (χ1) is 9.56. The SMILES string of the molecule is CCc1ccc(-c2ccc(Cl)c(C(=O)O)c2)cc1CC. The van der Waals surface area contributed by atoms with Crippen LogP contribution in [0.3, 0.4) is 0 Å².